The van der Waals surface area contributed by atoms with Gasteiger partial charge in [0.1, 0.15) is 12.1 Å². The Labute approximate surface area is 139 Å². The lowest BCUT2D eigenvalue weighted by Crippen LogP contribution is -2.52. The van der Waals surface area contributed by atoms with E-state index in [0.717, 1.165) is 0 Å². The van der Waals surface area contributed by atoms with Crippen LogP contribution in [-0.4, -0.2) is 70.7 Å². The van der Waals surface area contributed by atoms with Crippen LogP contribution < -0.4 is 16.4 Å². The van der Waals surface area contributed by atoms with Crippen LogP contribution in [0, 0.1) is 0 Å². The number of likely N-dealkylation sites (tertiary alicyclic amines) is 1. The summed E-state index contributed by atoms with van der Waals surface area (Å²) in [5.74, 6) is -2.67. The summed E-state index contributed by atoms with van der Waals surface area (Å²) in [5.41, 5.74) is 5.55. The molecule has 0 spiro atoms. The first-order chi connectivity index (χ1) is 10.8. The minimum absolute atomic E-state index is 0.0612. The zero-order valence-corrected chi connectivity index (χ0v) is 13.7. The molecule has 0 aromatic heterocycles. The minimum Gasteiger partial charge on any atom is -0.480 e. The summed E-state index contributed by atoms with van der Waals surface area (Å²) in [6.07, 6.45) is 1.18. The van der Waals surface area contributed by atoms with Crippen LogP contribution in [0.4, 0.5) is 0 Å². The number of nitrogens with one attached hydrogen (secondary N) is 2. The molecule has 0 aliphatic carbocycles. The fourth-order valence-electron chi connectivity index (χ4n) is 2.28. The van der Waals surface area contributed by atoms with Crippen molar-refractivity contribution < 1.29 is 24.3 Å². The van der Waals surface area contributed by atoms with Crippen molar-refractivity contribution in [1.29, 1.82) is 0 Å². The highest BCUT2D eigenvalue weighted by molar-refractivity contribution is 7.80. The smallest absolute Gasteiger partial charge is 0.327 e. The van der Waals surface area contributed by atoms with E-state index in [2.05, 4.69) is 23.3 Å². The highest BCUT2D eigenvalue weighted by Gasteiger charge is 2.35. The first kappa shape index (κ1) is 19.2. The molecule has 5 N–H and O–H groups in total. The van der Waals surface area contributed by atoms with Gasteiger partial charge in [0.05, 0.1) is 12.6 Å². The molecule has 1 aliphatic rings. The summed E-state index contributed by atoms with van der Waals surface area (Å²) < 4.78 is 0. The number of nitrogens with two attached hydrogens (primary N) is 1. The molecule has 0 saturated carbocycles. The van der Waals surface area contributed by atoms with E-state index in [1.165, 1.54) is 4.90 Å². The quantitative estimate of drug-likeness (QED) is 0.336. The second kappa shape index (κ2) is 8.73. The van der Waals surface area contributed by atoms with E-state index in [9.17, 15) is 19.2 Å². The second-order valence-corrected chi connectivity index (χ2v) is 5.70. The fourth-order valence-corrected chi connectivity index (χ4v) is 2.53. The lowest BCUT2D eigenvalue weighted by molar-refractivity contribution is -0.141. The average Bonchev–Trinajstić information content (AvgIpc) is 2.98. The Morgan fingerprint density at radius 1 is 1.39 bits per heavy atom. The van der Waals surface area contributed by atoms with Crippen LogP contribution in [0.15, 0.2) is 0 Å². The predicted octanol–water partition coefficient (Wildman–Crippen LogP) is -2.06. The lowest BCUT2D eigenvalue weighted by atomic mass is 10.2. The maximum Gasteiger partial charge on any atom is 0.327 e. The number of carboxylic acids is 1. The van der Waals surface area contributed by atoms with Crippen molar-refractivity contribution in [2.75, 3.05) is 18.8 Å². The van der Waals surface area contributed by atoms with E-state index >= 15 is 0 Å². The SMILES string of the molecule is CC(N)C(=O)N1CCCC1C(=O)NCC(=O)NC(CS)C(=O)O. The van der Waals surface area contributed by atoms with Crippen molar-refractivity contribution in [3.8, 4) is 0 Å². The maximum absolute atomic E-state index is 12.1. The van der Waals surface area contributed by atoms with Crippen LogP contribution in [0.5, 0.6) is 0 Å². The van der Waals surface area contributed by atoms with Crippen LogP contribution in [0.2, 0.25) is 0 Å². The summed E-state index contributed by atoms with van der Waals surface area (Å²) in [6.45, 7) is 1.63. The minimum atomic E-state index is -1.20. The molecule has 3 amide bonds. The van der Waals surface area contributed by atoms with Crippen molar-refractivity contribution in [3.63, 3.8) is 0 Å². The van der Waals surface area contributed by atoms with Gasteiger partial charge in [-0.05, 0) is 19.8 Å². The molecule has 0 aromatic carbocycles. The van der Waals surface area contributed by atoms with E-state index in [0.29, 0.717) is 19.4 Å². The molecule has 23 heavy (non-hydrogen) atoms. The van der Waals surface area contributed by atoms with Gasteiger partial charge in [0, 0.05) is 12.3 Å². The largest absolute Gasteiger partial charge is 0.480 e. The molecule has 3 unspecified atom stereocenters. The Hall–Kier alpha value is -1.81. The van der Waals surface area contributed by atoms with Gasteiger partial charge in [0.25, 0.3) is 0 Å². The van der Waals surface area contributed by atoms with Crippen LogP contribution in [0.25, 0.3) is 0 Å². The third-order valence-corrected chi connectivity index (χ3v) is 3.83. The van der Waals surface area contributed by atoms with Crippen LogP contribution in [0.1, 0.15) is 19.8 Å². The summed E-state index contributed by atoms with van der Waals surface area (Å²) in [6, 6.07) is -2.47. The van der Waals surface area contributed by atoms with Crippen molar-refractivity contribution in [3.05, 3.63) is 0 Å². The molecule has 1 saturated heterocycles. The molecule has 1 aliphatic heterocycles. The molecule has 3 atom stereocenters. The zero-order chi connectivity index (χ0) is 17.6. The first-order valence-corrected chi connectivity index (χ1v) is 7.88. The molecule has 0 aromatic rings. The Morgan fingerprint density at radius 2 is 2.04 bits per heavy atom. The van der Waals surface area contributed by atoms with Gasteiger partial charge < -0.3 is 26.4 Å². The van der Waals surface area contributed by atoms with E-state index in [4.69, 9.17) is 10.8 Å². The third-order valence-electron chi connectivity index (χ3n) is 3.47. The summed E-state index contributed by atoms with van der Waals surface area (Å²) in [5, 5.41) is 13.5. The number of rotatable bonds is 7. The Morgan fingerprint density at radius 3 is 2.57 bits per heavy atom. The highest BCUT2D eigenvalue weighted by Crippen LogP contribution is 2.18. The highest BCUT2D eigenvalue weighted by atomic mass is 32.1. The third kappa shape index (κ3) is 5.39. The van der Waals surface area contributed by atoms with Gasteiger partial charge in [-0.25, -0.2) is 4.79 Å². The Bertz CT molecular complexity index is 485. The maximum atomic E-state index is 12.1. The number of hydrogen-bond acceptors (Lipinski definition) is 6. The zero-order valence-electron chi connectivity index (χ0n) is 12.8. The van der Waals surface area contributed by atoms with Gasteiger partial charge >= 0.3 is 5.97 Å². The Kier molecular flexibility index (Phi) is 7.30. The number of thiol groups is 1. The molecule has 0 radical (unpaired) electrons. The predicted molar refractivity (Wildman–Crippen MR) is 84.8 cm³/mol. The molecular weight excluding hydrogens is 324 g/mol. The lowest BCUT2D eigenvalue weighted by Gasteiger charge is -2.25. The molecule has 1 heterocycles. The van der Waals surface area contributed by atoms with E-state index in [-0.39, 0.29) is 18.2 Å². The molecule has 9 nitrogen and oxygen atoms in total. The van der Waals surface area contributed by atoms with Gasteiger partial charge in [-0.2, -0.15) is 12.6 Å². The molecule has 10 heteroatoms. The van der Waals surface area contributed by atoms with Gasteiger partial charge in [-0.15, -0.1) is 0 Å². The summed E-state index contributed by atoms with van der Waals surface area (Å²) in [7, 11) is 0. The van der Waals surface area contributed by atoms with Crippen molar-refractivity contribution >= 4 is 36.3 Å². The van der Waals surface area contributed by atoms with E-state index < -0.39 is 35.9 Å². The van der Waals surface area contributed by atoms with Crippen LogP contribution in [0.3, 0.4) is 0 Å². The average molecular weight is 346 g/mol. The normalized spacial score (nSPS) is 19.8. The molecule has 130 valence electrons. The number of amides is 3. The number of nitrogens with zero attached hydrogens (tertiary/aromatic N) is 1. The fraction of sp³-hybridized carbons (Fsp3) is 0.692. The first-order valence-electron chi connectivity index (χ1n) is 7.24. The van der Waals surface area contributed by atoms with Crippen molar-refractivity contribution in [1.82, 2.24) is 15.5 Å². The van der Waals surface area contributed by atoms with Gasteiger partial charge in [0.15, 0.2) is 0 Å². The Balaban J connectivity index is 2.51. The van der Waals surface area contributed by atoms with E-state index in [1.54, 1.807) is 6.92 Å². The second-order valence-electron chi connectivity index (χ2n) is 5.34. The topological polar surface area (TPSA) is 142 Å². The number of hydrogen-bond donors (Lipinski definition) is 5. The molecule has 0 bridgehead atoms. The van der Waals surface area contributed by atoms with Crippen molar-refractivity contribution in [2.45, 2.75) is 37.9 Å². The number of aliphatic carboxylic acids is 1. The van der Waals surface area contributed by atoms with Crippen LogP contribution >= 0.6 is 12.6 Å². The van der Waals surface area contributed by atoms with E-state index in [1.807, 2.05) is 0 Å². The number of carboxylic acid groups (broad SMARTS) is 1. The van der Waals surface area contributed by atoms with Gasteiger partial charge in [-0.3, -0.25) is 14.4 Å². The summed E-state index contributed by atoms with van der Waals surface area (Å²) >= 11 is 3.82. The standard InChI is InChI=1S/C13H22N4O5S/c1-7(14)12(20)17-4-2-3-9(17)11(19)15-5-10(18)16-8(6-23)13(21)22/h7-9,23H,2-6,14H2,1H3,(H,15,19)(H,16,18)(H,21,22). The summed E-state index contributed by atoms with van der Waals surface area (Å²) in [4.78, 5) is 47.9. The molecule has 1 fully saturated rings. The molecule has 1 rings (SSSR count). The number of carbonyl (C=O) groups is 4. The molecular formula is C13H22N4O5S. The van der Waals surface area contributed by atoms with Crippen LogP contribution in [-0.2, 0) is 19.2 Å². The number of carbonyl (C=O) groups excluding carboxylic acids is 3. The van der Waals surface area contributed by atoms with Crippen molar-refractivity contribution in [2.24, 2.45) is 5.73 Å². The van der Waals surface area contributed by atoms with Gasteiger partial charge in [-0.1, -0.05) is 0 Å². The monoisotopic (exact) mass is 346 g/mol. The van der Waals surface area contributed by atoms with Gasteiger partial charge in [0.2, 0.25) is 17.7 Å².